The maximum absolute atomic E-state index is 6.49. The van der Waals surface area contributed by atoms with Crippen molar-refractivity contribution in [3.63, 3.8) is 0 Å². The van der Waals surface area contributed by atoms with Crippen LogP contribution in [0.5, 0.6) is 0 Å². The fourth-order valence-electron chi connectivity index (χ4n) is 5.53. The number of anilines is 3. The number of nitrogens with zero attached hydrogens (tertiary/aromatic N) is 1. The Morgan fingerprint density at radius 3 is 2.45 bits per heavy atom. The van der Waals surface area contributed by atoms with Crippen molar-refractivity contribution in [1.29, 1.82) is 0 Å². The monoisotopic (exact) mass is 442 g/mol. The number of rotatable bonds is 2. The van der Waals surface area contributed by atoms with Crippen LogP contribution in [-0.4, -0.2) is 6.04 Å². The highest BCUT2D eigenvalue weighted by Gasteiger charge is 2.39. The van der Waals surface area contributed by atoms with Gasteiger partial charge in [0.1, 0.15) is 0 Å². The SMILES string of the molecule is Nc1cccc2c1C1C=CC=CC1N2c1ccccc1-c1ccc2sc3ccccc3c2c1. The van der Waals surface area contributed by atoms with Crippen LogP contribution >= 0.6 is 11.3 Å². The second-order valence-corrected chi connectivity index (χ2v) is 9.85. The van der Waals surface area contributed by atoms with E-state index in [0.29, 0.717) is 0 Å². The molecule has 1 aromatic heterocycles. The zero-order chi connectivity index (χ0) is 21.9. The molecule has 2 atom stereocenters. The van der Waals surface area contributed by atoms with Crippen molar-refractivity contribution >= 4 is 48.6 Å². The number of allylic oxidation sites excluding steroid dienone is 2. The Kier molecular flexibility index (Phi) is 4.02. The smallest absolute Gasteiger partial charge is 0.0630 e. The molecule has 2 N–H and O–H groups in total. The van der Waals surface area contributed by atoms with Crippen LogP contribution < -0.4 is 10.6 Å². The van der Waals surface area contributed by atoms with E-state index in [1.54, 1.807) is 0 Å². The van der Waals surface area contributed by atoms with Gasteiger partial charge in [-0.3, -0.25) is 0 Å². The van der Waals surface area contributed by atoms with Gasteiger partial charge < -0.3 is 10.6 Å². The van der Waals surface area contributed by atoms with Gasteiger partial charge in [0.05, 0.1) is 6.04 Å². The standard InChI is InChI=1S/C30H22N2S/c31-24-11-7-14-27-30(24)22-10-2-5-13-26(22)32(27)25-12-4-1-8-20(25)19-16-17-29-23(18-19)21-9-3-6-15-28(21)33-29/h1-18,22,26H,31H2. The predicted octanol–water partition coefficient (Wildman–Crippen LogP) is 8.03. The Labute approximate surface area is 196 Å². The van der Waals surface area contributed by atoms with Crippen molar-refractivity contribution in [3.05, 3.63) is 115 Å². The number of para-hydroxylation sites is 1. The van der Waals surface area contributed by atoms with Gasteiger partial charge in [0.15, 0.2) is 0 Å². The average Bonchev–Trinajstić information content (AvgIpc) is 3.40. The molecule has 0 amide bonds. The number of fused-ring (bicyclic) bond motifs is 6. The molecule has 3 heteroatoms. The molecule has 1 aliphatic carbocycles. The summed E-state index contributed by atoms with van der Waals surface area (Å²) in [4.78, 5) is 2.47. The van der Waals surface area contributed by atoms with Gasteiger partial charge in [-0.1, -0.05) is 72.8 Å². The topological polar surface area (TPSA) is 29.3 Å². The van der Waals surface area contributed by atoms with E-state index in [4.69, 9.17) is 5.73 Å². The first-order valence-corrected chi connectivity index (χ1v) is 12.1. The minimum Gasteiger partial charge on any atom is -0.398 e. The fourth-order valence-corrected chi connectivity index (χ4v) is 6.61. The summed E-state index contributed by atoms with van der Waals surface area (Å²) in [5, 5.41) is 2.66. The highest BCUT2D eigenvalue weighted by molar-refractivity contribution is 7.25. The highest BCUT2D eigenvalue weighted by atomic mass is 32.1. The van der Waals surface area contributed by atoms with Crippen LogP contribution in [-0.2, 0) is 0 Å². The molecule has 4 aromatic carbocycles. The molecule has 158 valence electrons. The summed E-state index contributed by atoms with van der Waals surface area (Å²) in [5.41, 5.74) is 13.5. The van der Waals surface area contributed by atoms with Crippen LogP contribution in [0.2, 0.25) is 0 Å². The molecule has 0 spiro atoms. The minimum absolute atomic E-state index is 0.224. The van der Waals surface area contributed by atoms with E-state index in [2.05, 4.69) is 108 Å². The second-order valence-electron chi connectivity index (χ2n) is 8.76. The van der Waals surface area contributed by atoms with Gasteiger partial charge in [-0.15, -0.1) is 11.3 Å². The average molecular weight is 443 g/mol. The molecule has 0 radical (unpaired) electrons. The molecule has 2 unspecified atom stereocenters. The van der Waals surface area contributed by atoms with Crippen molar-refractivity contribution in [1.82, 2.24) is 0 Å². The number of thiophene rings is 1. The third kappa shape index (κ3) is 2.73. The molecule has 7 rings (SSSR count). The van der Waals surface area contributed by atoms with E-state index in [1.165, 1.54) is 48.2 Å². The van der Waals surface area contributed by atoms with Crippen molar-refractivity contribution in [2.75, 3.05) is 10.6 Å². The van der Waals surface area contributed by atoms with E-state index in [0.717, 1.165) is 5.69 Å². The molecule has 2 aliphatic rings. The molecule has 1 aliphatic heterocycles. The maximum atomic E-state index is 6.49. The maximum Gasteiger partial charge on any atom is 0.0630 e. The van der Waals surface area contributed by atoms with Crippen LogP contribution in [0.15, 0.2) is 109 Å². The molecule has 0 fully saturated rings. The van der Waals surface area contributed by atoms with E-state index in [1.807, 2.05) is 17.4 Å². The molecule has 2 heterocycles. The number of nitrogens with two attached hydrogens (primary N) is 1. The number of nitrogen functional groups attached to an aromatic ring is 1. The van der Waals surface area contributed by atoms with Crippen LogP contribution in [0.4, 0.5) is 17.1 Å². The first-order valence-electron chi connectivity index (χ1n) is 11.3. The van der Waals surface area contributed by atoms with Gasteiger partial charge in [0, 0.05) is 54.3 Å². The lowest BCUT2D eigenvalue weighted by Crippen LogP contribution is -2.28. The molecule has 0 bridgehead atoms. The predicted molar refractivity (Wildman–Crippen MR) is 143 cm³/mol. The summed E-state index contributed by atoms with van der Waals surface area (Å²) >= 11 is 1.86. The molecule has 0 saturated heterocycles. The Morgan fingerprint density at radius 2 is 1.48 bits per heavy atom. The molecular formula is C30H22N2S. The molecule has 2 nitrogen and oxygen atoms in total. The van der Waals surface area contributed by atoms with Gasteiger partial charge in [-0.2, -0.15) is 0 Å². The summed E-state index contributed by atoms with van der Waals surface area (Å²) in [7, 11) is 0. The fraction of sp³-hybridized carbons (Fsp3) is 0.0667. The van der Waals surface area contributed by atoms with Gasteiger partial charge >= 0.3 is 0 Å². The quantitative estimate of drug-likeness (QED) is 0.280. The Balaban J connectivity index is 1.44. The van der Waals surface area contributed by atoms with E-state index in [-0.39, 0.29) is 12.0 Å². The van der Waals surface area contributed by atoms with Gasteiger partial charge in [-0.25, -0.2) is 0 Å². The number of hydrogen-bond acceptors (Lipinski definition) is 3. The lowest BCUT2D eigenvalue weighted by molar-refractivity contribution is 0.746. The Morgan fingerprint density at radius 1 is 0.697 bits per heavy atom. The summed E-state index contributed by atoms with van der Waals surface area (Å²) in [6.45, 7) is 0. The largest absolute Gasteiger partial charge is 0.398 e. The molecule has 0 saturated carbocycles. The van der Waals surface area contributed by atoms with Crippen molar-refractivity contribution in [3.8, 4) is 11.1 Å². The van der Waals surface area contributed by atoms with Crippen molar-refractivity contribution in [2.24, 2.45) is 0 Å². The highest BCUT2D eigenvalue weighted by Crippen LogP contribution is 2.51. The van der Waals surface area contributed by atoms with Crippen molar-refractivity contribution < 1.29 is 0 Å². The lowest BCUT2D eigenvalue weighted by atomic mass is 9.90. The second kappa shape index (κ2) is 7.09. The minimum atomic E-state index is 0.224. The van der Waals surface area contributed by atoms with Gasteiger partial charge in [0.2, 0.25) is 0 Å². The number of hydrogen-bond donors (Lipinski definition) is 1. The zero-order valence-corrected chi connectivity index (χ0v) is 18.8. The summed E-state index contributed by atoms with van der Waals surface area (Å²) in [6.07, 6.45) is 8.88. The van der Waals surface area contributed by atoms with E-state index in [9.17, 15) is 0 Å². The van der Waals surface area contributed by atoms with E-state index < -0.39 is 0 Å². The first-order chi connectivity index (χ1) is 16.3. The van der Waals surface area contributed by atoms with Crippen molar-refractivity contribution in [2.45, 2.75) is 12.0 Å². The molecule has 33 heavy (non-hydrogen) atoms. The summed E-state index contributed by atoms with van der Waals surface area (Å²) in [5.74, 6) is 0.266. The number of benzene rings is 4. The summed E-state index contributed by atoms with van der Waals surface area (Å²) in [6, 6.07) is 30.9. The van der Waals surface area contributed by atoms with Gasteiger partial charge in [-0.05, 0) is 42.0 Å². The summed E-state index contributed by atoms with van der Waals surface area (Å²) < 4.78 is 2.67. The van der Waals surface area contributed by atoms with Gasteiger partial charge in [0.25, 0.3) is 0 Å². The van der Waals surface area contributed by atoms with Crippen LogP contribution in [0, 0.1) is 0 Å². The Bertz CT molecular complexity index is 1610. The third-order valence-electron chi connectivity index (χ3n) is 6.96. The van der Waals surface area contributed by atoms with E-state index >= 15 is 0 Å². The van der Waals surface area contributed by atoms with Crippen LogP contribution in [0.25, 0.3) is 31.3 Å². The zero-order valence-electron chi connectivity index (χ0n) is 18.0. The Hall–Kier alpha value is -3.82. The van der Waals surface area contributed by atoms with Crippen LogP contribution in [0.1, 0.15) is 11.5 Å². The first kappa shape index (κ1) is 18.7. The third-order valence-corrected chi connectivity index (χ3v) is 8.12. The van der Waals surface area contributed by atoms with Crippen LogP contribution in [0.3, 0.4) is 0 Å². The lowest BCUT2D eigenvalue weighted by Gasteiger charge is -2.30. The molecular weight excluding hydrogens is 420 g/mol. The normalized spacial score (nSPS) is 18.7. The molecule has 5 aromatic rings.